The van der Waals surface area contributed by atoms with Gasteiger partial charge in [0.15, 0.2) is 0 Å². The molecule has 0 heterocycles. The van der Waals surface area contributed by atoms with Gasteiger partial charge in [0.25, 0.3) is 0 Å². The van der Waals surface area contributed by atoms with Crippen molar-refractivity contribution in [3.63, 3.8) is 0 Å². The second-order valence-electron chi connectivity index (χ2n) is 3.04. The lowest BCUT2D eigenvalue weighted by molar-refractivity contribution is 0.107. The predicted octanol–water partition coefficient (Wildman–Crippen LogP) is 2.67. The molecule has 0 unspecified atom stereocenters. The van der Waals surface area contributed by atoms with Crippen molar-refractivity contribution < 1.29 is 4.79 Å². The van der Waals surface area contributed by atoms with Crippen LogP contribution < -0.4 is 0 Å². The lowest BCUT2D eigenvalue weighted by atomic mass is 10.0. The van der Waals surface area contributed by atoms with Gasteiger partial charge in [-0.2, -0.15) is 0 Å². The van der Waals surface area contributed by atoms with Gasteiger partial charge in [-0.05, 0) is 10.8 Å². The molecule has 2 aromatic rings. The number of rotatable bonds is 2. The Hall–Kier alpha value is -1.96. The average molecular weight is 183 g/mol. The highest BCUT2D eigenvalue weighted by Gasteiger charge is 2.05. The summed E-state index contributed by atoms with van der Waals surface area (Å²) >= 11 is 0. The van der Waals surface area contributed by atoms with Crippen molar-refractivity contribution in [3.8, 4) is 0 Å². The van der Waals surface area contributed by atoms with Crippen LogP contribution in [0.3, 0.4) is 0 Å². The van der Waals surface area contributed by atoms with Crippen LogP contribution in [0.4, 0.5) is 0 Å². The SMILES string of the molecule is N=CC(=O)c1cccc2ccccc12. The maximum atomic E-state index is 11.4. The third-order valence-electron chi connectivity index (χ3n) is 2.19. The average Bonchev–Trinajstić information content (AvgIpc) is 2.27. The van der Waals surface area contributed by atoms with Crippen LogP contribution in [0.15, 0.2) is 42.5 Å². The van der Waals surface area contributed by atoms with Crippen LogP contribution in [-0.2, 0) is 0 Å². The summed E-state index contributed by atoms with van der Waals surface area (Å²) in [7, 11) is 0. The Balaban J connectivity index is 2.77. The van der Waals surface area contributed by atoms with Crippen LogP contribution >= 0.6 is 0 Å². The first-order valence-electron chi connectivity index (χ1n) is 4.35. The van der Waals surface area contributed by atoms with Gasteiger partial charge in [0.2, 0.25) is 5.78 Å². The second-order valence-corrected chi connectivity index (χ2v) is 3.04. The number of hydrogen-bond acceptors (Lipinski definition) is 2. The molecule has 0 aliphatic heterocycles. The van der Waals surface area contributed by atoms with Crippen LogP contribution in [-0.4, -0.2) is 12.0 Å². The van der Waals surface area contributed by atoms with Gasteiger partial charge in [-0.25, -0.2) is 0 Å². The molecule has 0 saturated heterocycles. The van der Waals surface area contributed by atoms with E-state index in [0.717, 1.165) is 17.0 Å². The Bertz CT molecular complexity index is 497. The van der Waals surface area contributed by atoms with Gasteiger partial charge in [0.05, 0.1) is 6.21 Å². The summed E-state index contributed by atoms with van der Waals surface area (Å²) in [5.41, 5.74) is 0.595. The number of benzene rings is 2. The van der Waals surface area contributed by atoms with E-state index in [-0.39, 0.29) is 5.78 Å². The Morgan fingerprint density at radius 3 is 2.57 bits per heavy atom. The normalized spacial score (nSPS) is 10.0. The molecule has 0 aromatic heterocycles. The molecule has 0 aliphatic carbocycles. The zero-order valence-corrected chi connectivity index (χ0v) is 7.53. The molecular formula is C12H9NO. The molecule has 2 rings (SSSR count). The summed E-state index contributed by atoms with van der Waals surface area (Å²) in [4.78, 5) is 11.4. The highest BCUT2D eigenvalue weighted by Crippen LogP contribution is 2.18. The Labute approximate surface area is 81.7 Å². The topological polar surface area (TPSA) is 40.9 Å². The molecule has 0 spiro atoms. The molecule has 68 valence electrons. The summed E-state index contributed by atoms with van der Waals surface area (Å²) < 4.78 is 0. The van der Waals surface area contributed by atoms with E-state index in [0.29, 0.717) is 5.56 Å². The third kappa shape index (κ3) is 1.31. The van der Waals surface area contributed by atoms with Gasteiger partial charge >= 0.3 is 0 Å². The minimum atomic E-state index is -0.248. The molecule has 1 N–H and O–H groups in total. The molecule has 0 aliphatic rings. The first-order valence-corrected chi connectivity index (χ1v) is 4.35. The zero-order chi connectivity index (χ0) is 9.97. The molecule has 0 bridgehead atoms. The first kappa shape index (κ1) is 8.63. The molecule has 2 heteroatoms. The molecule has 0 atom stereocenters. The molecule has 2 nitrogen and oxygen atoms in total. The molecular weight excluding hydrogens is 174 g/mol. The van der Waals surface area contributed by atoms with Gasteiger partial charge in [-0.15, -0.1) is 0 Å². The van der Waals surface area contributed by atoms with Crippen molar-refractivity contribution >= 4 is 22.8 Å². The van der Waals surface area contributed by atoms with Crippen molar-refractivity contribution in [1.29, 1.82) is 5.41 Å². The Morgan fingerprint density at radius 1 is 1.07 bits per heavy atom. The maximum Gasteiger partial charge on any atom is 0.203 e. The van der Waals surface area contributed by atoms with Crippen molar-refractivity contribution in [2.24, 2.45) is 0 Å². The highest BCUT2D eigenvalue weighted by atomic mass is 16.1. The minimum absolute atomic E-state index is 0.248. The van der Waals surface area contributed by atoms with Gasteiger partial charge in [0, 0.05) is 5.56 Å². The van der Waals surface area contributed by atoms with E-state index in [4.69, 9.17) is 5.41 Å². The van der Waals surface area contributed by atoms with Crippen molar-refractivity contribution in [3.05, 3.63) is 48.0 Å². The number of carbonyl (C=O) groups excluding carboxylic acids is 1. The third-order valence-corrected chi connectivity index (χ3v) is 2.19. The zero-order valence-electron chi connectivity index (χ0n) is 7.53. The number of fused-ring (bicyclic) bond motifs is 1. The fraction of sp³-hybridized carbons (Fsp3) is 0. The number of hydrogen-bond donors (Lipinski definition) is 1. The number of carbonyl (C=O) groups is 1. The molecule has 0 saturated carbocycles. The van der Waals surface area contributed by atoms with Gasteiger partial charge in [-0.1, -0.05) is 42.5 Å². The smallest absolute Gasteiger partial charge is 0.203 e. The van der Waals surface area contributed by atoms with Crippen LogP contribution in [0.25, 0.3) is 10.8 Å². The quantitative estimate of drug-likeness (QED) is 0.564. The standard InChI is InChI=1S/C12H9NO/c13-8-12(14)11-7-3-5-9-4-1-2-6-10(9)11/h1-8,13H. The largest absolute Gasteiger partial charge is 0.305 e. The van der Waals surface area contributed by atoms with E-state index in [9.17, 15) is 4.79 Å². The predicted molar refractivity (Wildman–Crippen MR) is 57.1 cm³/mol. The lowest BCUT2D eigenvalue weighted by Gasteiger charge is -2.01. The summed E-state index contributed by atoms with van der Waals surface area (Å²) in [6, 6.07) is 13.2. The van der Waals surface area contributed by atoms with E-state index < -0.39 is 0 Å². The molecule has 0 fully saturated rings. The van der Waals surface area contributed by atoms with E-state index in [2.05, 4.69) is 0 Å². The molecule has 2 aromatic carbocycles. The minimum Gasteiger partial charge on any atom is -0.305 e. The van der Waals surface area contributed by atoms with Crippen LogP contribution in [0.1, 0.15) is 10.4 Å². The van der Waals surface area contributed by atoms with Gasteiger partial charge in [-0.3, -0.25) is 4.79 Å². The summed E-state index contributed by atoms with van der Waals surface area (Å²) in [6.07, 6.45) is 0.849. The fourth-order valence-electron chi connectivity index (χ4n) is 1.52. The van der Waals surface area contributed by atoms with E-state index >= 15 is 0 Å². The fourth-order valence-corrected chi connectivity index (χ4v) is 1.52. The second kappa shape index (κ2) is 3.42. The molecule has 0 amide bonds. The van der Waals surface area contributed by atoms with E-state index in [1.165, 1.54) is 0 Å². The van der Waals surface area contributed by atoms with Crippen molar-refractivity contribution in [1.82, 2.24) is 0 Å². The van der Waals surface area contributed by atoms with Crippen LogP contribution in [0.2, 0.25) is 0 Å². The molecule has 14 heavy (non-hydrogen) atoms. The van der Waals surface area contributed by atoms with Gasteiger partial charge < -0.3 is 5.41 Å². The maximum absolute atomic E-state index is 11.4. The summed E-state index contributed by atoms with van der Waals surface area (Å²) in [5, 5.41) is 8.88. The lowest BCUT2D eigenvalue weighted by Crippen LogP contribution is -1.99. The Kier molecular flexibility index (Phi) is 2.11. The molecule has 0 radical (unpaired) electrons. The van der Waals surface area contributed by atoms with Crippen LogP contribution in [0, 0.1) is 5.41 Å². The number of ketones is 1. The van der Waals surface area contributed by atoms with E-state index in [1.54, 1.807) is 6.07 Å². The number of Topliss-reactive ketones (excluding diaryl/α,β-unsaturated/α-hetero) is 1. The summed E-state index contributed by atoms with van der Waals surface area (Å²) in [6.45, 7) is 0. The van der Waals surface area contributed by atoms with Crippen LogP contribution in [0.5, 0.6) is 0 Å². The van der Waals surface area contributed by atoms with E-state index in [1.807, 2.05) is 36.4 Å². The number of nitrogens with one attached hydrogen (secondary N) is 1. The van der Waals surface area contributed by atoms with Gasteiger partial charge in [0.1, 0.15) is 0 Å². The van der Waals surface area contributed by atoms with Crippen molar-refractivity contribution in [2.75, 3.05) is 0 Å². The van der Waals surface area contributed by atoms with Crippen molar-refractivity contribution in [2.45, 2.75) is 0 Å². The monoisotopic (exact) mass is 183 g/mol. The Morgan fingerprint density at radius 2 is 1.79 bits per heavy atom. The highest BCUT2D eigenvalue weighted by molar-refractivity contribution is 6.37. The summed E-state index contributed by atoms with van der Waals surface area (Å²) in [5.74, 6) is -0.248. The first-order chi connectivity index (χ1) is 6.83.